The number of aliphatic hydroxyl groups excluding tert-OH is 2. The quantitative estimate of drug-likeness (QED) is 0.618. The molecule has 11 heavy (non-hydrogen) atoms. The van der Waals surface area contributed by atoms with Gasteiger partial charge in [0.1, 0.15) is 24.0 Å². The van der Waals surface area contributed by atoms with Gasteiger partial charge in [0.25, 0.3) is 0 Å². The summed E-state index contributed by atoms with van der Waals surface area (Å²) in [7, 11) is 0. The molecule has 0 unspecified atom stereocenters. The SMILES string of the molecule is CCC(=CO)OC(=CO)CC. The van der Waals surface area contributed by atoms with E-state index in [-0.39, 0.29) is 0 Å². The van der Waals surface area contributed by atoms with Gasteiger partial charge in [0.15, 0.2) is 0 Å². The summed E-state index contributed by atoms with van der Waals surface area (Å²) in [6.07, 6.45) is 3.01. The van der Waals surface area contributed by atoms with Crippen LogP contribution in [0.25, 0.3) is 0 Å². The lowest BCUT2D eigenvalue weighted by Crippen LogP contribution is -1.91. The van der Waals surface area contributed by atoms with Gasteiger partial charge in [0.05, 0.1) is 0 Å². The highest BCUT2D eigenvalue weighted by Gasteiger charge is 1.98. The maximum Gasteiger partial charge on any atom is 0.138 e. The fourth-order valence-electron chi connectivity index (χ4n) is 0.548. The lowest BCUT2D eigenvalue weighted by molar-refractivity contribution is 0.248. The molecule has 0 aliphatic carbocycles. The van der Waals surface area contributed by atoms with E-state index in [0.717, 1.165) is 12.5 Å². The number of rotatable bonds is 4. The van der Waals surface area contributed by atoms with Crippen molar-refractivity contribution in [1.29, 1.82) is 0 Å². The van der Waals surface area contributed by atoms with E-state index in [1.54, 1.807) is 0 Å². The summed E-state index contributed by atoms with van der Waals surface area (Å²) in [5.41, 5.74) is 0. The molecule has 0 aliphatic heterocycles. The molecule has 0 aromatic heterocycles. The van der Waals surface area contributed by atoms with Crippen LogP contribution < -0.4 is 0 Å². The second-order valence-electron chi connectivity index (χ2n) is 2.00. The molecule has 0 saturated heterocycles. The smallest absolute Gasteiger partial charge is 0.138 e. The Kier molecular flexibility index (Phi) is 5.07. The van der Waals surface area contributed by atoms with Gasteiger partial charge in [-0.1, -0.05) is 13.8 Å². The lowest BCUT2D eigenvalue weighted by atomic mass is 10.4. The minimum absolute atomic E-state index is 0.451. The molecule has 3 nitrogen and oxygen atoms in total. The van der Waals surface area contributed by atoms with Crippen molar-refractivity contribution in [3.05, 3.63) is 24.0 Å². The Bertz CT molecular complexity index is 141. The standard InChI is InChI=1S/C8H14O3/c1-3-7(5-9)11-8(4-2)6-10/h5-6,9-10H,3-4H2,1-2H3. The Hall–Kier alpha value is -1.12. The zero-order valence-electron chi connectivity index (χ0n) is 6.87. The van der Waals surface area contributed by atoms with E-state index in [0.29, 0.717) is 24.4 Å². The van der Waals surface area contributed by atoms with Crippen molar-refractivity contribution < 1.29 is 14.9 Å². The van der Waals surface area contributed by atoms with E-state index >= 15 is 0 Å². The zero-order chi connectivity index (χ0) is 8.69. The van der Waals surface area contributed by atoms with Gasteiger partial charge in [-0.25, -0.2) is 0 Å². The van der Waals surface area contributed by atoms with Crippen LogP contribution in [-0.2, 0) is 4.74 Å². The van der Waals surface area contributed by atoms with Crippen LogP contribution in [0, 0.1) is 0 Å². The molecule has 0 aromatic rings. The van der Waals surface area contributed by atoms with Crippen molar-refractivity contribution in [3.63, 3.8) is 0 Å². The molecule has 0 fully saturated rings. The Morgan fingerprint density at radius 2 is 1.45 bits per heavy atom. The van der Waals surface area contributed by atoms with Gasteiger partial charge in [-0.2, -0.15) is 0 Å². The van der Waals surface area contributed by atoms with Crippen molar-refractivity contribution in [1.82, 2.24) is 0 Å². The molecule has 0 atom stereocenters. The normalized spacial score (nSPS) is 13.3. The van der Waals surface area contributed by atoms with Gasteiger partial charge in [-0.05, 0) is 0 Å². The molecule has 3 heteroatoms. The Balaban J connectivity index is 4.00. The predicted octanol–water partition coefficient (Wildman–Crippen LogP) is 2.62. The van der Waals surface area contributed by atoms with Gasteiger partial charge in [-0.3, -0.25) is 0 Å². The van der Waals surface area contributed by atoms with Crippen LogP contribution in [0.5, 0.6) is 0 Å². The summed E-state index contributed by atoms with van der Waals surface area (Å²) in [4.78, 5) is 0. The van der Waals surface area contributed by atoms with Crippen molar-refractivity contribution in [2.24, 2.45) is 0 Å². The minimum atomic E-state index is 0.451. The second kappa shape index (κ2) is 5.65. The van der Waals surface area contributed by atoms with Crippen molar-refractivity contribution in [2.45, 2.75) is 26.7 Å². The molecule has 0 bridgehead atoms. The third-order valence-electron chi connectivity index (χ3n) is 1.25. The number of aliphatic hydroxyl groups is 2. The molecule has 2 N–H and O–H groups in total. The fraction of sp³-hybridized carbons (Fsp3) is 0.500. The predicted molar refractivity (Wildman–Crippen MR) is 43.1 cm³/mol. The molecule has 0 saturated carbocycles. The van der Waals surface area contributed by atoms with Crippen LogP contribution in [0.15, 0.2) is 24.0 Å². The summed E-state index contributed by atoms with van der Waals surface area (Å²) >= 11 is 0. The molecular weight excluding hydrogens is 144 g/mol. The van der Waals surface area contributed by atoms with Gasteiger partial charge < -0.3 is 14.9 Å². The van der Waals surface area contributed by atoms with E-state index < -0.39 is 0 Å². The minimum Gasteiger partial charge on any atom is -0.512 e. The van der Waals surface area contributed by atoms with E-state index in [2.05, 4.69) is 0 Å². The zero-order valence-corrected chi connectivity index (χ0v) is 6.87. The van der Waals surface area contributed by atoms with Crippen molar-refractivity contribution in [3.8, 4) is 0 Å². The molecule has 0 spiro atoms. The van der Waals surface area contributed by atoms with Gasteiger partial charge in [-0.15, -0.1) is 0 Å². The topological polar surface area (TPSA) is 49.7 Å². The molecule has 0 heterocycles. The monoisotopic (exact) mass is 158 g/mol. The first-order chi connectivity index (χ1) is 5.28. The van der Waals surface area contributed by atoms with Gasteiger partial charge in [0, 0.05) is 12.8 Å². The number of allylic oxidation sites excluding steroid dienone is 2. The molecule has 0 aromatic carbocycles. The summed E-state index contributed by atoms with van der Waals surface area (Å²) < 4.78 is 5.07. The number of hydrogen-bond acceptors (Lipinski definition) is 3. The van der Waals surface area contributed by atoms with Crippen molar-refractivity contribution in [2.75, 3.05) is 0 Å². The third-order valence-corrected chi connectivity index (χ3v) is 1.25. The summed E-state index contributed by atoms with van der Waals surface area (Å²) in [5, 5.41) is 17.1. The summed E-state index contributed by atoms with van der Waals surface area (Å²) in [5.74, 6) is 0.902. The summed E-state index contributed by atoms with van der Waals surface area (Å²) in [6, 6.07) is 0. The van der Waals surface area contributed by atoms with E-state index in [1.807, 2.05) is 13.8 Å². The molecule has 0 aliphatic rings. The number of ether oxygens (including phenoxy) is 1. The highest BCUT2D eigenvalue weighted by Crippen LogP contribution is 2.10. The Labute approximate surface area is 66.6 Å². The van der Waals surface area contributed by atoms with E-state index in [1.165, 1.54) is 0 Å². The van der Waals surface area contributed by atoms with E-state index in [4.69, 9.17) is 14.9 Å². The van der Waals surface area contributed by atoms with Crippen LogP contribution in [0.4, 0.5) is 0 Å². The highest BCUT2D eigenvalue weighted by molar-refractivity contribution is 4.95. The van der Waals surface area contributed by atoms with Crippen LogP contribution in [0.1, 0.15) is 26.7 Å². The molecule has 0 amide bonds. The van der Waals surface area contributed by atoms with Crippen molar-refractivity contribution >= 4 is 0 Å². The molecule has 0 radical (unpaired) electrons. The molecule has 0 rings (SSSR count). The van der Waals surface area contributed by atoms with Crippen LogP contribution in [0.2, 0.25) is 0 Å². The fourth-order valence-corrected chi connectivity index (χ4v) is 0.548. The largest absolute Gasteiger partial charge is 0.512 e. The van der Waals surface area contributed by atoms with Crippen LogP contribution in [0.3, 0.4) is 0 Å². The van der Waals surface area contributed by atoms with Gasteiger partial charge >= 0.3 is 0 Å². The highest BCUT2D eigenvalue weighted by atomic mass is 16.5. The van der Waals surface area contributed by atoms with Crippen LogP contribution in [-0.4, -0.2) is 10.2 Å². The average molecular weight is 158 g/mol. The maximum absolute atomic E-state index is 8.57. The van der Waals surface area contributed by atoms with Gasteiger partial charge in [0.2, 0.25) is 0 Å². The first kappa shape index (κ1) is 9.88. The maximum atomic E-state index is 8.57. The second-order valence-corrected chi connectivity index (χ2v) is 2.00. The van der Waals surface area contributed by atoms with E-state index in [9.17, 15) is 0 Å². The Morgan fingerprint density at radius 1 is 1.09 bits per heavy atom. The third kappa shape index (κ3) is 3.55. The summed E-state index contributed by atoms with van der Waals surface area (Å²) in [6.45, 7) is 3.71. The first-order valence-electron chi connectivity index (χ1n) is 3.62. The average Bonchev–Trinajstić information content (AvgIpc) is 2.07. The number of hydrogen-bond donors (Lipinski definition) is 2. The first-order valence-corrected chi connectivity index (χ1v) is 3.62. The van der Waals surface area contributed by atoms with Crippen LogP contribution >= 0.6 is 0 Å². The molecule has 64 valence electrons. The lowest BCUT2D eigenvalue weighted by Gasteiger charge is -2.07. The molecular formula is C8H14O3. The Morgan fingerprint density at radius 3 is 1.64 bits per heavy atom.